The number of carboxylic acids is 1. The standard InChI is InChI=1S/C8H18BNO4.ClH/c1-2-8(10,7(11)12)5-3-4-6-9(13)14;/h13-14H,2-6,10H2,1H3,(H,11,12);1H/t8-;/m0./s1. The van der Waals surface area contributed by atoms with Crippen LogP contribution in [0.15, 0.2) is 0 Å². The van der Waals surface area contributed by atoms with E-state index in [9.17, 15) is 4.79 Å². The van der Waals surface area contributed by atoms with Crippen LogP contribution in [-0.4, -0.2) is 33.8 Å². The largest absolute Gasteiger partial charge is 0.480 e. The van der Waals surface area contributed by atoms with Gasteiger partial charge in [-0.25, -0.2) is 0 Å². The van der Waals surface area contributed by atoms with Crippen LogP contribution in [0.3, 0.4) is 0 Å². The summed E-state index contributed by atoms with van der Waals surface area (Å²) in [5.41, 5.74) is 4.47. The van der Waals surface area contributed by atoms with E-state index in [0.29, 0.717) is 25.7 Å². The van der Waals surface area contributed by atoms with Gasteiger partial charge in [0.25, 0.3) is 0 Å². The van der Waals surface area contributed by atoms with Gasteiger partial charge >= 0.3 is 13.1 Å². The molecule has 15 heavy (non-hydrogen) atoms. The van der Waals surface area contributed by atoms with E-state index < -0.39 is 18.6 Å². The highest BCUT2D eigenvalue weighted by Crippen LogP contribution is 2.16. The molecule has 0 unspecified atom stereocenters. The van der Waals surface area contributed by atoms with E-state index in [4.69, 9.17) is 20.9 Å². The van der Waals surface area contributed by atoms with Crippen LogP contribution < -0.4 is 5.73 Å². The van der Waals surface area contributed by atoms with E-state index in [-0.39, 0.29) is 18.7 Å². The van der Waals surface area contributed by atoms with Crippen LogP contribution in [0.25, 0.3) is 0 Å². The van der Waals surface area contributed by atoms with Gasteiger partial charge in [0.1, 0.15) is 5.54 Å². The smallest absolute Gasteiger partial charge is 0.451 e. The molecule has 5 N–H and O–H groups in total. The average molecular weight is 240 g/mol. The minimum Gasteiger partial charge on any atom is -0.480 e. The zero-order chi connectivity index (χ0) is 11.2. The molecule has 0 saturated heterocycles. The molecule has 5 nitrogen and oxygen atoms in total. The SMILES string of the molecule is CC[C@](N)(CCCCB(O)O)C(=O)O.Cl. The van der Waals surface area contributed by atoms with Gasteiger partial charge in [-0.3, -0.25) is 4.79 Å². The third-order valence-electron chi connectivity index (χ3n) is 2.39. The number of nitrogens with two attached hydrogens (primary N) is 1. The van der Waals surface area contributed by atoms with Crippen LogP contribution in [-0.2, 0) is 4.79 Å². The highest BCUT2D eigenvalue weighted by Gasteiger charge is 2.30. The second-order valence-corrected chi connectivity index (χ2v) is 3.54. The summed E-state index contributed by atoms with van der Waals surface area (Å²) in [4.78, 5) is 10.8. The Labute approximate surface area is 96.2 Å². The summed E-state index contributed by atoms with van der Waals surface area (Å²) in [5, 5.41) is 25.9. The lowest BCUT2D eigenvalue weighted by molar-refractivity contribution is -0.143. The van der Waals surface area contributed by atoms with Crippen molar-refractivity contribution in [3.8, 4) is 0 Å². The lowest BCUT2D eigenvalue weighted by Gasteiger charge is -2.22. The van der Waals surface area contributed by atoms with Crippen molar-refractivity contribution in [2.75, 3.05) is 0 Å². The molecule has 0 saturated carbocycles. The van der Waals surface area contributed by atoms with Gasteiger partial charge in [0.05, 0.1) is 0 Å². The Kier molecular flexibility index (Phi) is 9.04. The Hall–Kier alpha value is -0.295. The summed E-state index contributed by atoms with van der Waals surface area (Å²) < 4.78 is 0. The molecule has 90 valence electrons. The molecule has 0 spiro atoms. The van der Waals surface area contributed by atoms with Crippen molar-refractivity contribution < 1.29 is 19.9 Å². The van der Waals surface area contributed by atoms with E-state index in [0.717, 1.165) is 0 Å². The minimum atomic E-state index is -1.31. The lowest BCUT2D eigenvalue weighted by Crippen LogP contribution is -2.47. The molecule has 0 aromatic rings. The maximum Gasteiger partial charge on any atom is 0.451 e. The van der Waals surface area contributed by atoms with Crippen molar-refractivity contribution in [2.24, 2.45) is 5.73 Å². The van der Waals surface area contributed by atoms with E-state index >= 15 is 0 Å². The molecule has 1 atom stereocenters. The minimum absolute atomic E-state index is 0. The van der Waals surface area contributed by atoms with Crippen LogP contribution in [0.1, 0.15) is 32.6 Å². The number of rotatable bonds is 7. The van der Waals surface area contributed by atoms with Crippen molar-refractivity contribution in [3.05, 3.63) is 0 Å². The molecule has 0 aliphatic carbocycles. The van der Waals surface area contributed by atoms with Gasteiger partial charge in [-0.2, -0.15) is 0 Å². The highest BCUT2D eigenvalue weighted by molar-refractivity contribution is 6.40. The van der Waals surface area contributed by atoms with Gasteiger partial charge in [0.15, 0.2) is 0 Å². The van der Waals surface area contributed by atoms with Crippen LogP contribution >= 0.6 is 12.4 Å². The Morgan fingerprint density at radius 1 is 1.40 bits per heavy atom. The second kappa shape index (κ2) is 7.93. The predicted octanol–water partition coefficient (Wildman–Crippen LogP) is 0.243. The quantitative estimate of drug-likeness (QED) is 0.376. The Morgan fingerprint density at radius 3 is 2.27 bits per heavy atom. The number of carbonyl (C=O) groups is 1. The van der Waals surface area contributed by atoms with E-state index in [2.05, 4.69) is 0 Å². The van der Waals surface area contributed by atoms with Gasteiger partial charge < -0.3 is 20.9 Å². The Morgan fingerprint density at radius 2 is 1.93 bits per heavy atom. The molecule has 0 fully saturated rings. The summed E-state index contributed by atoms with van der Waals surface area (Å²) in [6, 6.07) is 0. The maximum atomic E-state index is 10.8. The first-order valence-corrected chi connectivity index (χ1v) is 4.81. The normalized spacial score (nSPS) is 13.9. The summed E-state index contributed by atoms with van der Waals surface area (Å²) >= 11 is 0. The molecule has 0 aliphatic heterocycles. The fourth-order valence-electron chi connectivity index (χ4n) is 1.20. The second-order valence-electron chi connectivity index (χ2n) is 3.54. The monoisotopic (exact) mass is 239 g/mol. The molecule has 0 heterocycles. The predicted molar refractivity (Wildman–Crippen MR) is 60.9 cm³/mol. The van der Waals surface area contributed by atoms with Crippen LogP contribution in [0, 0.1) is 0 Å². The van der Waals surface area contributed by atoms with Crippen molar-refractivity contribution in [1.29, 1.82) is 0 Å². The molecule has 0 aromatic heterocycles. The first-order valence-electron chi connectivity index (χ1n) is 4.81. The fraction of sp³-hybridized carbons (Fsp3) is 0.875. The van der Waals surface area contributed by atoms with Gasteiger partial charge in [-0.05, 0) is 19.2 Å². The molecule has 0 aliphatic rings. The van der Waals surface area contributed by atoms with Crippen molar-refractivity contribution in [1.82, 2.24) is 0 Å². The zero-order valence-corrected chi connectivity index (χ0v) is 9.66. The Bertz CT molecular complexity index is 193. The molecule has 0 aromatic carbocycles. The molecular formula is C8H19BClNO4. The fourth-order valence-corrected chi connectivity index (χ4v) is 1.20. The third kappa shape index (κ3) is 6.73. The molecule has 7 heteroatoms. The van der Waals surface area contributed by atoms with Crippen molar-refractivity contribution in [3.63, 3.8) is 0 Å². The highest BCUT2D eigenvalue weighted by atomic mass is 35.5. The number of aliphatic carboxylic acids is 1. The summed E-state index contributed by atoms with van der Waals surface area (Å²) in [6.07, 6.45) is 2.17. The number of hydrogen-bond acceptors (Lipinski definition) is 4. The van der Waals surface area contributed by atoms with Crippen molar-refractivity contribution >= 4 is 25.5 Å². The van der Waals surface area contributed by atoms with Gasteiger partial charge in [-0.1, -0.05) is 19.8 Å². The van der Waals surface area contributed by atoms with Crippen LogP contribution in [0.5, 0.6) is 0 Å². The lowest BCUT2D eigenvalue weighted by atomic mass is 9.81. The molecular weight excluding hydrogens is 220 g/mol. The topological polar surface area (TPSA) is 104 Å². The molecule has 0 bridgehead atoms. The average Bonchev–Trinajstić information content (AvgIpc) is 2.11. The zero-order valence-electron chi connectivity index (χ0n) is 8.85. The first-order chi connectivity index (χ1) is 6.42. The molecule has 0 amide bonds. The molecule has 0 rings (SSSR count). The van der Waals surface area contributed by atoms with E-state index in [1.165, 1.54) is 0 Å². The maximum absolute atomic E-state index is 10.8. The summed E-state index contributed by atoms with van der Waals surface area (Å²) in [5.74, 6) is -0.996. The van der Waals surface area contributed by atoms with Crippen LogP contribution in [0.4, 0.5) is 0 Å². The van der Waals surface area contributed by atoms with Gasteiger partial charge in [0.2, 0.25) is 0 Å². The van der Waals surface area contributed by atoms with Gasteiger partial charge in [-0.15, -0.1) is 12.4 Å². The molecule has 0 radical (unpaired) electrons. The van der Waals surface area contributed by atoms with E-state index in [1.807, 2.05) is 0 Å². The first kappa shape index (κ1) is 17.1. The summed E-state index contributed by atoms with van der Waals surface area (Å²) in [7, 11) is -1.31. The van der Waals surface area contributed by atoms with Gasteiger partial charge in [0, 0.05) is 0 Å². The third-order valence-corrected chi connectivity index (χ3v) is 2.39. The number of halogens is 1. The number of unbranched alkanes of at least 4 members (excludes halogenated alkanes) is 1. The summed E-state index contributed by atoms with van der Waals surface area (Å²) in [6.45, 7) is 1.73. The van der Waals surface area contributed by atoms with E-state index in [1.54, 1.807) is 6.92 Å². The number of hydrogen-bond donors (Lipinski definition) is 4. The van der Waals surface area contributed by atoms with Crippen LogP contribution in [0.2, 0.25) is 6.32 Å². The number of carboxylic acid groups (broad SMARTS) is 1. The Balaban J connectivity index is 0. The van der Waals surface area contributed by atoms with Crippen molar-refractivity contribution in [2.45, 2.75) is 44.5 Å².